The fourth-order valence-corrected chi connectivity index (χ4v) is 14.6. The molecule has 15 rings (SSSR count). The van der Waals surface area contributed by atoms with Crippen LogP contribution in [0.3, 0.4) is 0 Å². The second-order valence-corrected chi connectivity index (χ2v) is 26.5. The maximum absolute atomic E-state index is 15.2. The molecule has 6 aliphatic heterocycles. The first kappa shape index (κ1) is 66.8. The van der Waals surface area contributed by atoms with Crippen LogP contribution in [0.5, 0.6) is 5.75 Å². The predicted molar refractivity (Wildman–Crippen MR) is 385 cm³/mol. The van der Waals surface area contributed by atoms with Gasteiger partial charge in [0.2, 0.25) is 17.7 Å². The molecule has 0 radical (unpaired) electrons. The lowest BCUT2D eigenvalue weighted by Gasteiger charge is -2.34. The molecule has 3 atom stereocenters. The number of likely N-dealkylation sites (tertiary alicyclic amines) is 3. The third-order valence-corrected chi connectivity index (χ3v) is 20.4. The van der Waals surface area contributed by atoms with Gasteiger partial charge >= 0.3 is 0 Å². The Hall–Kier alpha value is -9.84. The second-order valence-electron chi connectivity index (χ2n) is 26.5. The number of likely N-dealkylation sites (N-methyl/N-ethyl adjacent to an activating group) is 3. The number of fused-ring (bicyclic) bond motifs is 3. The Morgan fingerprint density at radius 1 is 0.459 bits per heavy atom. The number of nitrogens with zero attached hydrogens (tertiary/aromatic N) is 18. The van der Waals surface area contributed by atoms with E-state index in [2.05, 4.69) is 137 Å². The van der Waals surface area contributed by atoms with E-state index in [1.807, 2.05) is 68.3 Å². The van der Waals surface area contributed by atoms with Crippen LogP contribution in [0.4, 0.5) is 21.5 Å². The van der Waals surface area contributed by atoms with Crippen LogP contribution in [0, 0.1) is 5.82 Å². The van der Waals surface area contributed by atoms with Gasteiger partial charge in [0, 0.05) is 205 Å². The zero-order valence-corrected chi connectivity index (χ0v) is 56.9. The zero-order valence-electron chi connectivity index (χ0n) is 56.9. The Labute approximate surface area is 572 Å². The van der Waals surface area contributed by atoms with Gasteiger partial charge in [-0.2, -0.15) is 15.3 Å². The molecule has 98 heavy (non-hydrogen) atoms. The highest BCUT2D eigenvalue weighted by Crippen LogP contribution is 2.40. The van der Waals surface area contributed by atoms with Crippen LogP contribution in [-0.2, 0) is 14.4 Å². The summed E-state index contributed by atoms with van der Waals surface area (Å²) < 4.78 is 27.2. The van der Waals surface area contributed by atoms with Crippen LogP contribution in [0.1, 0.15) is 50.2 Å². The van der Waals surface area contributed by atoms with Crippen LogP contribution >= 0.6 is 0 Å². The fourth-order valence-electron chi connectivity index (χ4n) is 14.6. The maximum Gasteiger partial charge on any atom is 0.246 e. The van der Waals surface area contributed by atoms with Gasteiger partial charge in [0.15, 0.2) is 0 Å². The number of methoxy groups -OCH3 is 1. The molecule has 3 unspecified atom stereocenters. The summed E-state index contributed by atoms with van der Waals surface area (Å²) in [7, 11) is 8.14. The number of ether oxygens (including phenoxy) is 1. The van der Waals surface area contributed by atoms with Crippen LogP contribution < -0.4 is 19.4 Å². The van der Waals surface area contributed by atoms with Gasteiger partial charge in [-0.05, 0) is 126 Å². The van der Waals surface area contributed by atoms with E-state index < -0.39 is 0 Å². The first-order valence-corrected chi connectivity index (χ1v) is 34.4. The quantitative estimate of drug-likeness (QED) is 0.0995. The third kappa shape index (κ3) is 14.1. The number of benzene rings is 3. The Morgan fingerprint density at radius 3 is 1.34 bits per heavy atom. The van der Waals surface area contributed by atoms with E-state index in [0.717, 1.165) is 197 Å². The lowest BCUT2D eigenvalue weighted by molar-refractivity contribution is -0.128. The van der Waals surface area contributed by atoms with E-state index in [1.54, 1.807) is 31.8 Å². The van der Waals surface area contributed by atoms with E-state index in [1.165, 1.54) is 29.6 Å². The molecule has 9 aromatic rings. The van der Waals surface area contributed by atoms with Gasteiger partial charge in [-0.3, -0.25) is 43.4 Å². The van der Waals surface area contributed by atoms with Crippen LogP contribution in [0.2, 0.25) is 0 Å². The van der Waals surface area contributed by atoms with Crippen molar-refractivity contribution in [2.45, 2.75) is 50.2 Å². The summed E-state index contributed by atoms with van der Waals surface area (Å²) in [5.74, 6) is 0.479. The molecule has 0 N–H and O–H groups in total. The van der Waals surface area contributed by atoms with Crippen LogP contribution in [-0.4, -0.2) is 237 Å². The minimum atomic E-state index is -0.232. The number of amides is 3. The number of hydrogen-bond donors (Lipinski definition) is 0. The molecule has 3 aromatic carbocycles. The van der Waals surface area contributed by atoms with Crippen molar-refractivity contribution in [1.82, 2.24) is 73.7 Å². The van der Waals surface area contributed by atoms with Gasteiger partial charge in [-0.25, -0.2) is 4.39 Å². The molecule has 6 fully saturated rings. The molecule has 510 valence electrons. The molecule has 6 saturated heterocycles. The predicted octanol–water partition coefficient (Wildman–Crippen LogP) is 9.36. The van der Waals surface area contributed by atoms with Gasteiger partial charge in [0.1, 0.15) is 28.6 Å². The number of carbonyl (C=O) groups is 3. The molecule has 23 heteroatoms. The molecule has 12 heterocycles. The lowest BCUT2D eigenvalue weighted by atomic mass is 10.1. The highest BCUT2D eigenvalue weighted by Gasteiger charge is 2.32. The van der Waals surface area contributed by atoms with Gasteiger partial charge in [-0.15, -0.1) is 0 Å². The highest BCUT2D eigenvalue weighted by atomic mass is 19.1. The van der Waals surface area contributed by atoms with E-state index in [4.69, 9.17) is 20.0 Å². The number of aromatic nitrogens is 9. The van der Waals surface area contributed by atoms with Crippen molar-refractivity contribution in [3.63, 3.8) is 0 Å². The van der Waals surface area contributed by atoms with Crippen molar-refractivity contribution in [2.24, 2.45) is 0 Å². The van der Waals surface area contributed by atoms with Crippen molar-refractivity contribution < 1.29 is 23.5 Å². The highest BCUT2D eigenvalue weighted by molar-refractivity contribution is 5.96. The topological polar surface area (TPSA) is 182 Å². The van der Waals surface area contributed by atoms with E-state index in [-0.39, 0.29) is 41.7 Å². The van der Waals surface area contributed by atoms with E-state index in [9.17, 15) is 14.4 Å². The fraction of sp³-hybridized carbons (Fsp3) is 0.400. The summed E-state index contributed by atoms with van der Waals surface area (Å²) in [6.07, 6.45) is 19.7. The number of pyridine rings is 3. The molecule has 0 saturated carbocycles. The zero-order chi connectivity index (χ0) is 68.0. The van der Waals surface area contributed by atoms with Crippen molar-refractivity contribution in [2.75, 3.05) is 161 Å². The van der Waals surface area contributed by atoms with Crippen LogP contribution in [0.25, 0.3) is 66.5 Å². The van der Waals surface area contributed by atoms with E-state index in [0.29, 0.717) is 31.0 Å². The Balaban J connectivity index is 0.000000132. The molecular formula is C75H89FN18O4. The SMILES string of the molecule is C=CC(=O)N1CCC(n2nc(-c3ccc(N4CCN(C)CC4)cc3)c3cnccc32)C1.C=CC(=O)N1CCCC(n2nc(-c3ccc(N4CCN(C)CC4)c(F)c3)c3cnccc32)C1.C=CC(=O)N1CCCC(n2nc(-c3ccc(N4CCN(C)CC4)cc3OC)c3cnccc32)C1. The summed E-state index contributed by atoms with van der Waals surface area (Å²) in [4.78, 5) is 68.9. The molecular weight excluding hydrogens is 1240 g/mol. The first-order valence-electron chi connectivity index (χ1n) is 34.4. The number of anilines is 3. The van der Waals surface area contributed by atoms with Crippen molar-refractivity contribution in [1.29, 1.82) is 0 Å². The number of carbonyl (C=O) groups excluding carboxylic acids is 3. The van der Waals surface area contributed by atoms with Crippen molar-refractivity contribution in [3.05, 3.63) is 160 Å². The summed E-state index contributed by atoms with van der Waals surface area (Å²) in [6, 6.07) is 26.8. The first-order chi connectivity index (χ1) is 47.8. The van der Waals surface area contributed by atoms with Crippen molar-refractivity contribution in [3.8, 4) is 39.5 Å². The molecule has 3 amide bonds. The average molecular weight is 1330 g/mol. The summed E-state index contributed by atoms with van der Waals surface area (Å²) in [5.41, 5.74) is 11.4. The Kier molecular flexibility index (Phi) is 20.4. The summed E-state index contributed by atoms with van der Waals surface area (Å²) in [5, 5.41) is 17.9. The molecule has 0 aliphatic carbocycles. The molecule has 0 spiro atoms. The normalized spacial score (nSPS) is 19.7. The molecule has 6 aliphatic rings. The van der Waals surface area contributed by atoms with Gasteiger partial charge in [0.25, 0.3) is 0 Å². The minimum absolute atomic E-state index is 0.0136. The average Bonchev–Trinajstić information content (AvgIpc) is 1.63. The maximum atomic E-state index is 15.2. The second kappa shape index (κ2) is 29.9. The minimum Gasteiger partial charge on any atom is -0.496 e. The number of hydrogen-bond acceptors (Lipinski definition) is 16. The summed E-state index contributed by atoms with van der Waals surface area (Å²) >= 11 is 0. The molecule has 6 aromatic heterocycles. The van der Waals surface area contributed by atoms with Gasteiger partial charge in [-0.1, -0.05) is 37.9 Å². The van der Waals surface area contributed by atoms with E-state index >= 15 is 4.39 Å². The summed E-state index contributed by atoms with van der Waals surface area (Å²) in [6.45, 7) is 26.9. The Bertz CT molecular complexity index is 4350. The number of piperazine rings is 3. The number of rotatable bonds is 13. The smallest absolute Gasteiger partial charge is 0.246 e. The lowest BCUT2D eigenvalue weighted by Crippen LogP contribution is -2.44. The van der Waals surface area contributed by atoms with Gasteiger partial charge < -0.3 is 48.8 Å². The number of piperidine rings is 2. The molecule has 22 nitrogen and oxygen atoms in total. The molecule has 0 bridgehead atoms. The van der Waals surface area contributed by atoms with Gasteiger partial charge in [0.05, 0.1) is 47.5 Å². The van der Waals surface area contributed by atoms with Crippen LogP contribution in [0.15, 0.2) is 154 Å². The number of halogens is 1. The van der Waals surface area contributed by atoms with Crippen molar-refractivity contribution >= 4 is 67.5 Å². The largest absolute Gasteiger partial charge is 0.496 e. The third-order valence-electron chi connectivity index (χ3n) is 20.4. The standard InChI is InChI=1S/C26H32N6O2.C25H29FN6O.C24H28N6O/c1-4-25(33)31-11-5-6-20(18-31)32-23-9-10-27-17-22(23)26(28-32)21-8-7-19(16-24(21)34-3)30-14-12-29(2)13-15-30;1-3-24(33)31-10-4-5-19(17-31)32-22-8-9-27-16-20(22)25(28-32)18-6-7-23(21(26)15-18)30-13-11-29(2)12-14-30;1-3-23(31)29-11-9-20(17-29)30-22-8-10-25-16-21(22)24(26-30)18-4-6-19(7-5-18)28-14-12-27(2)13-15-28/h4,7-10,16-17,20H,1,5-6,11-15,18H2,2-3H3;3,6-9,15-16,19H,1,4-5,10-14,17H2,2H3;3-8,10,16,20H,1,9,11-15,17H2,2H3. The monoisotopic (exact) mass is 1320 g/mol. The Morgan fingerprint density at radius 2 is 0.867 bits per heavy atom.